The minimum absolute atomic E-state index is 0.0658. The number of fused-ring (bicyclic) bond motifs is 1. The summed E-state index contributed by atoms with van der Waals surface area (Å²) < 4.78 is 7.36. The fourth-order valence-corrected chi connectivity index (χ4v) is 4.66. The Morgan fingerprint density at radius 3 is 2.80 bits per heavy atom. The van der Waals surface area contributed by atoms with Gasteiger partial charge in [-0.3, -0.25) is 4.79 Å². The fraction of sp³-hybridized carbons (Fsp3) is 0.536. The van der Waals surface area contributed by atoms with Gasteiger partial charge >= 0.3 is 0 Å². The molecule has 0 aliphatic carbocycles. The highest BCUT2D eigenvalue weighted by Crippen LogP contribution is 2.27. The number of benzene rings is 1. The molecule has 0 radical (unpaired) electrons. The van der Waals surface area contributed by atoms with Crippen molar-refractivity contribution in [1.82, 2.24) is 25.0 Å². The normalized spacial score (nSPS) is 14.8. The van der Waals surface area contributed by atoms with E-state index in [-0.39, 0.29) is 11.9 Å². The van der Waals surface area contributed by atoms with Gasteiger partial charge in [-0.05, 0) is 70.3 Å². The van der Waals surface area contributed by atoms with Crippen LogP contribution in [0.3, 0.4) is 0 Å². The molecule has 188 valence electrons. The first kappa shape index (κ1) is 25.3. The molecule has 1 saturated heterocycles. The summed E-state index contributed by atoms with van der Waals surface area (Å²) in [5.74, 6) is 0.396. The molecule has 0 bridgehead atoms. The van der Waals surface area contributed by atoms with Crippen LogP contribution >= 0.6 is 0 Å². The van der Waals surface area contributed by atoms with Gasteiger partial charge in [0, 0.05) is 37.9 Å². The number of nitrogens with one attached hydrogen (secondary N) is 1. The highest BCUT2D eigenvalue weighted by molar-refractivity contribution is 6.06. The van der Waals surface area contributed by atoms with Crippen molar-refractivity contribution in [2.75, 3.05) is 33.4 Å². The standard InChI is InChI=1S/C28H39N5O2/c1-5-6-12-32(4)19-22-8-7-9-23(15-22)26-16-24(25-18-30-33(20(2)3)27(25)31-26)28(34)29-17-21-10-13-35-14-11-21/h7-9,15-16,18,20-21H,5-6,10-14,17,19H2,1-4H3,(H,29,34). The molecule has 0 saturated carbocycles. The molecule has 0 spiro atoms. The molecular formula is C28H39N5O2. The summed E-state index contributed by atoms with van der Waals surface area (Å²) in [5, 5.41) is 8.52. The number of carbonyl (C=O) groups excluding carboxylic acids is 1. The SMILES string of the molecule is CCCCN(C)Cc1cccc(-c2cc(C(=O)NCC3CCOCC3)c3cnn(C(C)C)c3n2)c1. The smallest absolute Gasteiger partial charge is 0.252 e. The number of rotatable bonds is 10. The van der Waals surface area contributed by atoms with Crippen LogP contribution in [0.1, 0.15) is 68.4 Å². The molecule has 1 fully saturated rings. The van der Waals surface area contributed by atoms with Gasteiger partial charge in [-0.2, -0.15) is 5.10 Å². The minimum atomic E-state index is -0.0658. The maximum Gasteiger partial charge on any atom is 0.252 e. The lowest BCUT2D eigenvalue weighted by atomic mass is 10.00. The molecule has 3 heterocycles. The third-order valence-corrected chi connectivity index (χ3v) is 6.76. The summed E-state index contributed by atoms with van der Waals surface area (Å²) in [4.78, 5) is 20.7. The summed E-state index contributed by atoms with van der Waals surface area (Å²) >= 11 is 0. The van der Waals surface area contributed by atoms with Crippen molar-refractivity contribution >= 4 is 16.9 Å². The van der Waals surface area contributed by atoms with Gasteiger partial charge in [0.25, 0.3) is 5.91 Å². The maximum absolute atomic E-state index is 13.4. The Kier molecular flexibility index (Phi) is 8.52. The minimum Gasteiger partial charge on any atom is -0.381 e. The van der Waals surface area contributed by atoms with E-state index in [1.165, 1.54) is 18.4 Å². The number of ether oxygens (including phenoxy) is 1. The van der Waals surface area contributed by atoms with Crippen molar-refractivity contribution in [1.29, 1.82) is 0 Å². The Bertz CT molecular complexity index is 1130. The molecule has 7 heteroatoms. The Labute approximate surface area is 208 Å². The van der Waals surface area contributed by atoms with Crippen molar-refractivity contribution in [2.45, 2.75) is 59.0 Å². The van der Waals surface area contributed by atoms with Crippen molar-refractivity contribution in [3.63, 3.8) is 0 Å². The maximum atomic E-state index is 13.4. The Hall–Kier alpha value is -2.77. The van der Waals surface area contributed by atoms with E-state index in [0.717, 1.165) is 61.4 Å². The van der Waals surface area contributed by atoms with Crippen LogP contribution in [0, 0.1) is 5.92 Å². The van der Waals surface area contributed by atoms with E-state index in [2.05, 4.69) is 67.4 Å². The van der Waals surface area contributed by atoms with Crippen LogP contribution in [-0.2, 0) is 11.3 Å². The molecule has 7 nitrogen and oxygen atoms in total. The number of unbranched alkanes of at least 4 members (excludes halogenated alkanes) is 1. The zero-order valence-electron chi connectivity index (χ0n) is 21.6. The Morgan fingerprint density at radius 1 is 1.26 bits per heavy atom. The van der Waals surface area contributed by atoms with Crippen LogP contribution in [0.15, 0.2) is 36.5 Å². The zero-order chi connectivity index (χ0) is 24.8. The van der Waals surface area contributed by atoms with E-state index in [9.17, 15) is 4.79 Å². The Morgan fingerprint density at radius 2 is 2.06 bits per heavy atom. The van der Waals surface area contributed by atoms with E-state index in [1.807, 2.05) is 10.7 Å². The third-order valence-electron chi connectivity index (χ3n) is 6.76. The summed E-state index contributed by atoms with van der Waals surface area (Å²) in [5.41, 5.74) is 4.44. The van der Waals surface area contributed by atoms with E-state index in [4.69, 9.17) is 9.72 Å². The number of hydrogen-bond acceptors (Lipinski definition) is 5. The molecule has 1 aliphatic heterocycles. The van der Waals surface area contributed by atoms with Gasteiger partial charge in [0.15, 0.2) is 5.65 Å². The van der Waals surface area contributed by atoms with Gasteiger partial charge in [-0.15, -0.1) is 0 Å². The van der Waals surface area contributed by atoms with Crippen LogP contribution in [0.4, 0.5) is 0 Å². The summed E-state index contributed by atoms with van der Waals surface area (Å²) in [7, 11) is 2.16. The van der Waals surface area contributed by atoms with Gasteiger partial charge in [-0.25, -0.2) is 9.67 Å². The number of nitrogens with zero attached hydrogens (tertiary/aromatic N) is 4. The molecule has 1 amide bonds. The highest BCUT2D eigenvalue weighted by atomic mass is 16.5. The highest BCUT2D eigenvalue weighted by Gasteiger charge is 2.20. The molecule has 1 N–H and O–H groups in total. The van der Waals surface area contributed by atoms with Crippen LogP contribution in [0.2, 0.25) is 0 Å². The molecule has 1 aromatic carbocycles. The second-order valence-corrected chi connectivity index (χ2v) is 10.0. The van der Waals surface area contributed by atoms with Crippen LogP contribution in [0.5, 0.6) is 0 Å². The zero-order valence-corrected chi connectivity index (χ0v) is 21.6. The predicted molar refractivity (Wildman–Crippen MR) is 140 cm³/mol. The average Bonchev–Trinajstić information content (AvgIpc) is 3.31. The summed E-state index contributed by atoms with van der Waals surface area (Å²) in [6.45, 7) is 10.6. The molecule has 3 aromatic rings. The molecule has 0 atom stereocenters. The molecule has 0 unspecified atom stereocenters. The second kappa shape index (κ2) is 11.8. The number of amides is 1. The first-order valence-electron chi connectivity index (χ1n) is 13.0. The van der Waals surface area contributed by atoms with Gasteiger partial charge in [0.05, 0.1) is 22.8 Å². The predicted octanol–water partition coefficient (Wildman–Crippen LogP) is 5.07. The lowest BCUT2D eigenvalue weighted by Crippen LogP contribution is -2.32. The largest absolute Gasteiger partial charge is 0.381 e. The quantitative estimate of drug-likeness (QED) is 0.442. The van der Waals surface area contributed by atoms with E-state index >= 15 is 0 Å². The van der Waals surface area contributed by atoms with E-state index in [1.54, 1.807) is 6.20 Å². The number of hydrogen-bond donors (Lipinski definition) is 1. The third kappa shape index (κ3) is 6.27. The van der Waals surface area contributed by atoms with Crippen molar-refractivity contribution in [3.8, 4) is 11.3 Å². The van der Waals surface area contributed by atoms with Gasteiger partial charge in [0.1, 0.15) is 0 Å². The van der Waals surface area contributed by atoms with Crippen molar-refractivity contribution in [3.05, 3.63) is 47.7 Å². The van der Waals surface area contributed by atoms with Crippen LogP contribution < -0.4 is 5.32 Å². The van der Waals surface area contributed by atoms with Crippen molar-refractivity contribution in [2.24, 2.45) is 5.92 Å². The number of aromatic nitrogens is 3. The van der Waals surface area contributed by atoms with Gasteiger partial charge < -0.3 is 15.0 Å². The number of pyridine rings is 1. The second-order valence-electron chi connectivity index (χ2n) is 10.0. The van der Waals surface area contributed by atoms with Crippen LogP contribution in [0.25, 0.3) is 22.3 Å². The Balaban J connectivity index is 1.64. The topological polar surface area (TPSA) is 72.3 Å². The van der Waals surface area contributed by atoms with Gasteiger partial charge in [-0.1, -0.05) is 31.5 Å². The summed E-state index contributed by atoms with van der Waals surface area (Å²) in [6, 6.07) is 10.6. The first-order chi connectivity index (χ1) is 17.0. The molecule has 35 heavy (non-hydrogen) atoms. The molecule has 1 aliphatic rings. The first-order valence-corrected chi connectivity index (χ1v) is 13.0. The molecular weight excluding hydrogens is 438 g/mol. The molecule has 4 rings (SSSR count). The average molecular weight is 478 g/mol. The van der Waals surface area contributed by atoms with Crippen molar-refractivity contribution < 1.29 is 9.53 Å². The number of carbonyl (C=O) groups is 1. The lowest BCUT2D eigenvalue weighted by molar-refractivity contribution is 0.0643. The van der Waals surface area contributed by atoms with Gasteiger partial charge in [0.2, 0.25) is 0 Å². The van der Waals surface area contributed by atoms with Crippen LogP contribution in [-0.4, -0.2) is 58.9 Å². The molecule has 2 aromatic heterocycles. The monoisotopic (exact) mass is 477 g/mol. The van der Waals surface area contributed by atoms with E-state index in [0.29, 0.717) is 18.0 Å². The lowest BCUT2D eigenvalue weighted by Gasteiger charge is -2.22. The summed E-state index contributed by atoms with van der Waals surface area (Å²) in [6.07, 6.45) is 6.13. The van der Waals surface area contributed by atoms with E-state index < -0.39 is 0 Å². The fourth-order valence-electron chi connectivity index (χ4n) is 4.66.